The lowest BCUT2D eigenvalue weighted by Gasteiger charge is -2.42. The van der Waals surface area contributed by atoms with E-state index in [1.54, 1.807) is 12.1 Å². The molecule has 50 heavy (non-hydrogen) atoms. The molecule has 1 amide bonds. The van der Waals surface area contributed by atoms with E-state index in [0.29, 0.717) is 6.54 Å². The molecule has 5 atom stereocenters. The van der Waals surface area contributed by atoms with Gasteiger partial charge in [0.25, 0.3) is 0 Å². The van der Waals surface area contributed by atoms with Crippen LogP contribution >= 0.6 is 0 Å². The highest BCUT2D eigenvalue weighted by atomic mass is 32.2. The van der Waals surface area contributed by atoms with E-state index in [9.17, 15) is 18.3 Å². The number of aryl methyl sites for hydroxylation is 1. The Labute approximate surface area is 296 Å². The summed E-state index contributed by atoms with van der Waals surface area (Å²) in [6.45, 7) is 9.48. The van der Waals surface area contributed by atoms with Gasteiger partial charge in [-0.2, -0.15) is 4.72 Å². The number of ether oxygens (including phenoxy) is 2. The summed E-state index contributed by atoms with van der Waals surface area (Å²) in [5.74, 6) is -0.372. The van der Waals surface area contributed by atoms with Crippen LogP contribution in [0.4, 0.5) is 0 Å². The fourth-order valence-electron chi connectivity index (χ4n) is 6.05. The van der Waals surface area contributed by atoms with Crippen molar-refractivity contribution in [2.24, 2.45) is 5.92 Å². The SMILES string of the molecule is C=CCN(C)C[C@@H]1O[C@H](c2ccc(CNC(=O)[C@@H](Cc3ccccc3)NS(=O)(=O)c3ccc(C)cc3)cc2)O[C@H](c2ccc(CO)cc2)[C@@H]1C. The van der Waals surface area contributed by atoms with E-state index in [2.05, 4.69) is 28.4 Å². The monoisotopic (exact) mass is 697 g/mol. The molecular weight excluding hydrogens is 651 g/mol. The zero-order valence-corrected chi connectivity index (χ0v) is 29.7. The number of aliphatic hydroxyl groups is 1. The minimum Gasteiger partial charge on any atom is -0.392 e. The van der Waals surface area contributed by atoms with Gasteiger partial charge in [-0.3, -0.25) is 4.79 Å². The minimum atomic E-state index is -3.95. The molecule has 0 unspecified atom stereocenters. The first-order valence-electron chi connectivity index (χ1n) is 16.9. The van der Waals surface area contributed by atoms with Crippen LogP contribution in [0.1, 0.15) is 52.7 Å². The molecule has 0 aromatic heterocycles. The molecule has 9 nitrogen and oxygen atoms in total. The van der Waals surface area contributed by atoms with Crippen molar-refractivity contribution < 1.29 is 27.8 Å². The first-order valence-corrected chi connectivity index (χ1v) is 18.3. The highest BCUT2D eigenvalue weighted by Gasteiger charge is 2.38. The van der Waals surface area contributed by atoms with E-state index >= 15 is 0 Å². The molecule has 0 aliphatic carbocycles. The van der Waals surface area contributed by atoms with Crippen LogP contribution in [0.3, 0.4) is 0 Å². The smallest absolute Gasteiger partial charge is 0.241 e. The van der Waals surface area contributed by atoms with Crippen molar-refractivity contribution in [3.8, 4) is 0 Å². The van der Waals surface area contributed by atoms with E-state index in [1.807, 2.05) is 98.9 Å². The van der Waals surface area contributed by atoms with Crippen molar-refractivity contribution in [1.82, 2.24) is 14.9 Å². The summed E-state index contributed by atoms with van der Waals surface area (Å²) in [5, 5.41) is 12.5. The molecule has 4 aromatic carbocycles. The van der Waals surface area contributed by atoms with Gasteiger partial charge in [0.05, 0.1) is 23.7 Å². The number of hydrogen-bond donors (Lipinski definition) is 3. The molecule has 0 spiro atoms. The van der Waals surface area contributed by atoms with Crippen molar-refractivity contribution in [2.75, 3.05) is 20.1 Å². The molecule has 0 radical (unpaired) electrons. The molecule has 3 N–H and O–H groups in total. The number of amides is 1. The summed E-state index contributed by atoms with van der Waals surface area (Å²) in [4.78, 5) is 15.8. The third-order valence-corrected chi connectivity index (χ3v) is 10.5. The van der Waals surface area contributed by atoms with Gasteiger partial charge in [0, 0.05) is 31.1 Å². The highest BCUT2D eigenvalue weighted by Crippen LogP contribution is 2.41. The molecule has 1 aliphatic rings. The average molecular weight is 698 g/mol. The molecule has 10 heteroatoms. The van der Waals surface area contributed by atoms with Crippen molar-refractivity contribution >= 4 is 15.9 Å². The topological polar surface area (TPSA) is 117 Å². The van der Waals surface area contributed by atoms with Crippen LogP contribution in [0.25, 0.3) is 0 Å². The Hall–Kier alpha value is -4.16. The Kier molecular flexibility index (Phi) is 12.7. The second kappa shape index (κ2) is 17.2. The van der Waals surface area contributed by atoms with Crippen LogP contribution < -0.4 is 10.0 Å². The Morgan fingerprint density at radius 2 is 1.54 bits per heavy atom. The van der Waals surface area contributed by atoms with Crippen LogP contribution in [0.15, 0.2) is 121 Å². The largest absolute Gasteiger partial charge is 0.392 e. The fourth-order valence-corrected chi connectivity index (χ4v) is 7.24. The summed E-state index contributed by atoms with van der Waals surface area (Å²) in [7, 11) is -1.91. The van der Waals surface area contributed by atoms with Gasteiger partial charge < -0.3 is 24.8 Å². The standard InChI is InChI=1S/C40H47N3O6S/c1-5-23-43(4)26-37-29(3)38(33-17-15-32(27-44)16-18-33)49-40(48-37)34-19-13-31(14-20-34)25-41-39(45)36(24-30-9-7-6-8-10-30)42-50(46,47)35-21-11-28(2)12-22-35/h5-22,29,36-38,40,42,44H,1,23-27H2,2-4H3,(H,41,45)/t29-,36-,37+,38+,40+/m1/s1. The number of rotatable bonds is 15. The number of nitrogens with one attached hydrogen (secondary N) is 2. The number of hydrogen-bond acceptors (Lipinski definition) is 7. The molecule has 1 heterocycles. The van der Waals surface area contributed by atoms with Gasteiger partial charge in [0.1, 0.15) is 6.04 Å². The van der Waals surface area contributed by atoms with Gasteiger partial charge in [-0.05, 0) is 54.8 Å². The molecule has 264 valence electrons. The van der Waals surface area contributed by atoms with Crippen molar-refractivity contribution in [1.29, 1.82) is 0 Å². The molecule has 1 saturated heterocycles. The van der Waals surface area contributed by atoms with Crippen LogP contribution in [-0.4, -0.2) is 56.6 Å². The Morgan fingerprint density at radius 1 is 0.900 bits per heavy atom. The molecule has 0 saturated carbocycles. The first-order chi connectivity index (χ1) is 24.1. The molecular formula is C40H47N3O6S. The van der Waals surface area contributed by atoms with Gasteiger partial charge in [-0.25, -0.2) is 8.42 Å². The molecule has 1 fully saturated rings. The molecule has 5 rings (SSSR count). The summed E-state index contributed by atoms with van der Waals surface area (Å²) < 4.78 is 42.3. The van der Waals surface area contributed by atoms with Crippen molar-refractivity contribution in [2.45, 2.75) is 62.9 Å². The van der Waals surface area contributed by atoms with Gasteiger partial charge in [-0.15, -0.1) is 6.58 Å². The second-order valence-corrected chi connectivity index (χ2v) is 14.7. The number of carbonyl (C=O) groups excluding carboxylic acids is 1. The molecule has 4 aromatic rings. The van der Waals surface area contributed by atoms with E-state index in [1.165, 1.54) is 12.1 Å². The lowest BCUT2D eigenvalue weighted by atomic mass is 9.90. The average Bonchev–Trinajstić information content (AvgIpc) is 3.12. The predicted octanol–water partition coefficient (Wildman–Crippen LogP) is 5.60. The highest BCUT2D eigenvalue weighted by molar-refractivity contribution is 7.89. The quantitative estimate of drug-likeness (QED) is 0.139. The van der Waals surface area contributed by atoms with Gasteiger partial charge in [-0.1, -0.05) is 110 Å². The number of benzene rings is 4. The van der Waals surface area contributed by atoms with Gasteiger partial charge in [0.2, 0.25) is 15.9 Å². The van der Waals surface area contributed by atoms with Crippen LogP contribution in [0, 0.1) is 12.8 Å². The lowest BCUT2D eigenvalue weighted by molar-refractivity contribution is -0.275. The Morgan fingerprint density at radius 3 is 2.18 bits per heavy atom. The summed E-state index contributed by atoms with van der Waals surface area (Å²) >= 11 is 0. The van der Waals surface area contributed by atoms with E-state index in [0.717, 1.165) is 39.9 Å². The number of nitrogens with zero attached hydrogens (tertiary/aromatic N) is 1. The summed E-state index contributed by atoms with van der Waals surface area (Å²) in [6, 6.07) is 30.3. The van der Waals surface area contributed by atoms with Crippen molar-refractivity contribution in [3.63, 3.8) is 0 Å². The minimum absolute atomic E-state index is 0.0222. The molecule has 1 aliphatic heterocycles. The maximum Gasteiger partial charge on any atom is 0.241 e. The molecule has 0 bridgehead atoms. The second-order valence-electron chi connectivity index (χ2n) is 13.0. The lowest BCUT2D eigenvalue weighted by Crippen LogP contribution is -2.47. The van der Waals surface area contributed by atoms with Crippen LogP contribution in [0.2, 0.25) is 0 Å². The summed E-state index contributed by atoms with van der Waals surface area (Å²) in [6.07, 6.45) is 1.09. The number of likely N-dealkylation sites (N-methyl/N-ethyl adjacent to an activating group) is 1. The zero-order chi connectivity index (χ0) is 35.7. The zero-order valence-electron chi connectivity index (χ0n) is 28.9. The fraction of sp³-hybridized carbons (Fsp3) is 0.325. The van der Waals surface area contributed by atoms with Crippen LogP contribution in [0.5, 0.6) is 0 Å². The van der Waals surface area contributed by atoms with E-state index in [-0.39, 0.29) is 42.6 Å². The third-order valence-electron chi connectivity index (χ3n) is 9.00. The number of sulfonamides is 1. The normalized spacial score (nSPS) is 19.9. The van der Waals surface area contributed by atoms with E-state index < -0.39 is 28.3 Å². The van der Waals surface area contributed by atoms with E-state index in [4.69, 9.17) is 9.47 Å². The maximum atomic E-state index is 13.5. The predicted molar refractivity (Wildman–Crippen MR) is 194 cm³/mol. The number of aliphatic hydroxyl groups excluding tert-OH is 1. The number of carbonyl (C=O) groups is 1. The third kappa shape index (κ3) is 9.75. The van der Waals surface area contributed by atoms with Gasteiger partial charge in [0.15, 0.2) is 6.29 Å². The Balaban J connectivity index is 1.29. The first kappa shape index (κ1) is 37.1. The van der Waals surface area contributed by atoms with Crippen molar-refractivity contribution in [3.05, 3.63) is 149 Å². The maximum absolute atomic E-state index is 13.5. The Bertz CT molecular complexity index is 1800. The van der Waals surface area contributed by atoms with Gasteiger partial charge >= 0.3 is 0 Å². The summed E-state index contributed by atoms with van der Waals surface area (Å²) in [5.41, 5.74) is 5.31. The van der Waals surface area contributed by atoms with Crippen LogP contribution in [-0.2, 0) is 43.9 Å².